The molecule has 2 heterocycles. The van der Waals surface area contributed by atoms with Crippen LogP contribution in [-0.2, 0) is 0 Å². The van der Waals surface area contributed by atoms with E-state index in [2.05, 4.69) is 10.3 Å². The van der Waals surface area contributed by atoms with Gasteiger partial charge in [-0.3, -0.25) is 0 Å². The number of anilines is 1. The number of nitrogens with one attached hydrogen (secondary N) is 1. The minimum absolute atomic E-state index is 0.131. The van der Waals surface area contributed by atoms with Gasteiger partial charge in [-0.1, -0.05) is 13.8 Å². The summed E-state index contributed by atoms with van der Waals surface area (Å²) in [6, 6.07) is 4.92. The van der Waals surface area contributed by atoms with E-state index in [0.29, 0.717) is 11.5 Å². The SMILES string of the molecule is CC(C)c1cc(C(=O)O)cc(NCC(O)c2ccsc2)n1. The topological polar surface area (TPSA) is 82.5 Å². The molecule has 1 atom stereocenters. The number of aromatic nitrogens is 1. The third kappa shape index (κ3) is 4.03. The number of rotatable bonds is 6. The van der Waals surface area contributed by atoms with Gasteiger partial charge in [-0.2, -0.15) is 11.3 Å². The first-order valence-electron chi connectivity index (χ1n) is 6.66. The highest BCUT2D eigenvalue weighted by Gasteiger charge is 2.12. The quantitative estimate of drug-likeness (QED) is 0.764. The molecular formula is C15H18N2O3S. The normalized spacial score (nSPS) is 12.4. The van der Waals surface area contributed by atoms with Crippen molar-refractivity contribution in [1.82, 2.24) is 4.98 Å². The number of hydrogen-bond donors (Lipinski definition) is 3. The summed E-state index contributed by atoms with van der Waals surface area (Å²) in [4.78, 5) is 15.5. The maximum absolute atomic E-state index is 11.1. The van der Waals surface area contributed by atoms with E-state index in [9.17, 15) is 9.90 Å². The van der Waals surface area contributed by atoms with Crippen LogP contribution in [-0.4, -0.2) is 27.7 Å². The Labute approximate surface area is 127 Å². The monoisotopic (exact) mass is 306 g/mol. The third-order valence-corrected chi connectivity index (χ3v) is 3.79. The Morgan fingerprint density at radius 2 is 2.19 bits per heavy atom. The van der Waals surface area contributed by atoms with Crippen LogP contribution in [0.4, 0.5) is 5.82 Å². The van der Waals surface area contributed by atoms with Crippen molar-refractivity contribution in [3.8, 4) is 0 Å². The lowest BCUT2D eigenvalue weighted by atomic mass is 10.1. The summed E-state index contributed by atoms with van der Waals surface area (Å²) in [5, 5.41) is 26.0. The van der Waals surface area contributed by atoms with E-state index in [1.54, 1.807) is 6.07 Å². The molecule has 0 bridgehead atoms. The standard InChI is InChI=1S/C15H18N2O3S/c1-9(2)12-5-11(15(19)20)6-14(17-12)16-7-13(18)10-3-4-21-8-10/h3-6,8-9,13,18H,7H2,1-2H3,(H,16,17)(H,19,20). The summed E-state index contributed by atoms with van der Waals surface area (Å²) >= 11 is 1.52. The highest BCUT2D eigenvalue weighted by Crippen LogP contribution is 2.20. The van der Waals surface area contributed by atoms with Gasteiger partial charge in [-0.15, -0.1) is 0 Å². The van der Waals surface area contributed by atoms with Crippen molar-refractivity contribution in [2.75, 3.05) is 11.9 Å². The summed E-state index contributed by atoms with van der Waals surface area (Å²) in [6.07, 6.45) is -0.644. The fraction of sp³-hybridized carbons (Fsp3) is 0.333. The van der Waals surface area contributed by atoms with Crippen LogP contribution in [0.15, 0.2) is 29.0 Å². The van der Waals surface area contributed by atoms with E-state index in [1.165, 1.54) is 17.4 Å². The first-order chi connectivity index (χ1) is 9.97. The molecule has 2 rings (SSSR count). The molecule has 112 valence electrons. The Morgan fingerprint density at radius 1 is 1.43 bits per heavy atom. The van der Waals surface area contributed by atoms with Crippen molar-refractivity contribution in [3.63, 3.8) is 0 Å². The summed E-state index contributed by atoms with van der Waals surface area (Å²) in [5.74, 6) is -0.389. The van der Waals surface area contributed by atoms with Crippen molar-refractivity contribution in [2.24, 2.45) is 0 Å². The van der Waals surface area contributed by atoms with Crippen LogP contribution in [0.3, 0.4) is 0 Å². The van der Waals surface area contributed by atoms with E-state index in [4.69, 9.17) is 5.11 Å². The molecular weight excluding hydrogens is 288 g/mol. The Bertz CT molecular complexity index is 611. The number of carbonyl (C=O) groups is 1. The number of carboxylic acid groups (broad SMARTS) is 1. The summed E-state index contributed by atoms with van der Waals surface area (Å²) in [6.45, 7) is 4.19. The second-order valence-corrected chi connectivity index (χ2v) is 5.86. The molecule has 0 aliphatic rings. The molecule has 0 amide bonds. The number of hydrogen-bond acceptors (Lipinski definition) is 5. The van der Waals surface area contributed by atoms with Gasteiger partial charge < -0.3 is 15.5 Å². The smallest absolute Gasteiger partial charge is 0.335 e. The van der Waals surface area contributed by atoms with Gasteiger partial charge in [0.15, 0.2) is 0 Å². The largest absolute Gasteiger partial charge is 0.478 e. The second-order valence-electron chi connectivity index (χ2n) is 5.08. The average molecular weight is 306 g/mol. The van der Waals surface area contributed by atoms with Crippen LogP contribution in [0.25, 0.3) is 0 Å². The van der Waals surface area contributed by atoms with Gasteiger partial charge in [-0.05, 0) is 40.4 Å². The fourth-order valence-electron chi connectivity index (χ4n) is 1.85. The van der Waals surface area contributed by atoms with Crippen LogP contribution >= 0.6 is 11.3 Å². The zero-order chi connectivity index (χ0) is 15.4. The van der Waals surface area contributed by atoms with Gasteiger partial charge in [0, 0.05) is 12.2 Å². The van der Waals surface area contributed by atoms with Crippen LogP contribution < -0.4 is 5.32 Å². The van der Waals surface area contributed by atoms with E-state index in [-0.39, 0.29) is 18.0 Å². The molecule has 0 radical (unpaired) electrons. The van der Waals surface area contributed by atoms with Gasteiger partial charge in [0.1, 0.15) is 5.82 Å². The highest BCUT2D eigenvalue weighted by atomic mass is 32.1. The van der Waals surface area contributed by atoms with E-state index >= 15 is 0 Å². The number of aromatic carboxylic acids is 1. The molecule has 0 fully saturated rings. The lowest BCUT2D eigenvalue weighted by Crippen LogP contribution is -2.14. The molecule has 0 saturated heterocycles. The Hall–Kier alpha value is -1.92. The highest BCUT2D eigenvalue weighted by molar-refractivity contribution is 7.07. The van der Waals surface area contributed by atoms with Crippen LogP contribution in [0.1, 0.15) is 47.5 Å². The van der Waals surface area contributed by atoms with Gasteiger partial charge in [-0.25, -0.2) is 9.78 Å². The van der Waals surface area contributed by atoms with E-state index in [0.717, 1.165) is 5.56 Å². The number of nitrogens with zero attached hydrogens (tertiary/aromatic N) is 1. The van der Waals surface area contributed by atoms with Crippen LogP contribution in [0, 0.1) is 0 Å². The number of carboxylic acids is 1. The molecule has 0 aliphatic carbocycles. The van der Waals surface area contributed by atoms with Gasteiger partial charge >= 0.3 is 5.97 Å². The summed E-state index contributed by atoms with van der Waals surface area (Å²) in [5.41, 5.74) is 1.75. The Balaban J connectivity index is 2.13. The minimum Gasteiger partial charge on any atom is -0.478 e. The molecule has 2 aromatic heterocycles. The Morgan fingerprint density at radius 3 is 2.76 bits per heavy atom. The van der Waals surface area contributed by atoms with Crippen molar-refractivity contribution in [3.05, 3.63) is 45.8 Å². The van der Waals surface area contributed by atoms with Crippen molar-refractivity contribution in [1.29, 1.82) is 0 Å². The number of aliphatic hydroxyl groups is 1. The lowest BCUT2D eigenvalue weighted by Gasteiger charge is -2.13. The molecule has 0 aromatic carbocycles. The lowest BCUT2D eigenvalue weighted by molar-refractivity contribution is 0.0696. The van der Waals surface area contributed by atoms with Crippen molar-refractivity contribution < 1.29 is 15.0 Å². The molecule has 21 heavy (non-hydrogen) atoms. The molecule has 0 spiro atoms. The van der Waals surface area contributed by atoms with E-state index < -0.39 is 12.1 Å². The van der Waals surface area contributed by atoms with Gasteiger partial charge in [0.05, 0.1) is 11.7 Å². The molecule has 2 aromatic rings. The van der Waals surface area contributed by atoms with Crippen LogP contribution in [0.5, 0.6) is 0 Å². The first kappa shape index (κ1) is 15.5. The number of thiophene rings is 1. The average Bonchev–Trinajstić information content (AvgIpc) is 2.98. The third-order valence-electron chi connectivity index (χ3n) is 3.09. The Kier molecular flexibility index (Phi) is 4.93. The fourth-order valence-corrected chi connectivity index (χ4v) is 2.55. The predicted octanol–water partition coefficient (Wildman–Crippen LogP) is 3.11. The number of pyridine rings is 1. The van der Waals surface area contributed by atoms with Crippen molar-refractivity contribution in [2.45, 2.75) is 25.9 Å². The molecule has 5 nitrogen and oxygen atoms in total. The van der Waals surface area contributed by atoms with Gasteiger partial charge in [0.25, 0.3) is 0 Å². The zero-order valence-electron chi connectivity index (χ0n) is 11.9. The summed E-state index contributed by atoms with van der Waals surface area (Å²) < 4.78 is 0. The maximum atomic E-state index is 11.1. The summed E-state index contributed by atoms with van der Waals surface area (Å²) in [7, 11) is 0. The zero-order valence-corrected chi connectivity index (χ0v) is 12.7. The predicted molar refractivity (Wildman–Crippen MR) is 83.1 cm³/mol. The first-order valence-corrected chi connectivity index (χ1v) is 7.61. The molecule has 0 saturated carbocycles. The molecule has 6 heteroatoms. The second kappa shape index (κ2) is 6.69. The van der Waals surface area contributed by atoms with Gasteiger partial charge in [0.2, 0.25) is 0 Å². The molecule has 3 N–H and O–H groups in total. The van der Waals surface area contributed by atoms with E-state index in [1.807, 2.05) is 30.7 Å². The van der Waals surface area contributed by atoms with Crippen LogP contribution in [0.2, 0.25) is 0 Å². The maximum Gasteiger partial charge on any atom is 0.335 e. The van der Waals surface area contributed by atoms with Crippen molar-refractivity contribution >= 4 is 23.1 Å². The minimum atomic E-state index is -0.985. The molecule has 0 aliphatic heterocycles. The number of aliphatic hydroxyl groups excluding tert-OH is 1. The molecule has 1 unspecified atom stereocenters.